The number of aromatic nitrogens is 6. The average molecular weight is 713 g/mol. The molecule has 0 saturated heterocycles. The van der Waals surface area contributed by atoms with Crippen molar-refractivity contribution in [2.24, 2.45) is 0 Å². The van der Waals surface area contributed by atoms with Crippen molar-refractivity contribution in [1.82, 2.24) is 29.4 Å². The van der Waals surface area contributed by atoms with Gasteiger partial charge in [0.15, 0.2) is 11.3 Å². The average Bonchev–Trinajstić information content (AvgIpc) is 3.18. The fraction of sp³-hybridized carbons (Fsp3) is 0.179. The van der Waals surface area contributed by atoms with E-state index in [2.05, 4.69) is 59.7 Å². The van der Waals surface area contributed by atoms with E-state index in [1.54, 1.807) is 12.4 Å². The van der Waals surface area contributed by atoms with E-state index in [1.807, 2.05) is 87.7 Å². The molecule has 3 N–H and O–H groups in total. The summed E-state index contributed by atoms with van der Waals surface area (Å²) in [6, 6.07) is 28.9. The third kappa shape index (κ3) is 8.68. The van der Waals surface area contributed by atoms with Gasteiger partial charge in [-0.05, 0) is 41.0 Å². The summed E-state index contributed by atoms with van der Waals surface area (Å²) < 4.78 is 1.75. The molecule has 0 atom stereocenters. The van der Waals surface area contributed by atoms with Crippen LogP contribution in [0, 0.1) is 0 Å². The summed E-state index contributed by atoms with van der Waals surface area (Å²) in [6.07, 6.45) is 5.94. The summed E-state index contributed by atoms with van der Waals surface area (Å²) in [5.74, 6) is 0. The highest BCUT2D eigenvalue weighted by atomic mass is 16.7. The second kappa shape index (κ2) is 16.4. The van der Waals surface area contributed by atoms with E-state index in [-0.39, 0.29) is 17.8 Å². The van der Waals surface area contributed by atoms with E-state index in [9.17, 15) is 14.8 Å². The van der Waals surface area contributed by atoms with E-state index in [0.717, 1.165) is 33.5 Å². The van der Waals surface area contributed by atoms with E-state index >= 15 is 0 Å². The van der Waals surface area contributed by atoms with Crippen LogP contribution in [0.3, 0.4) is 0 Å². The molecule has 14 nitrogen and oxygen atoms in total. The minimum Gasteiger partial charge on any atom is -0.423 e. The summed E-state index contributed by atoms with van der Waals surface area (Å²) in [7, 11) is 8.00. The molecular formula is C39H40N10O4. The van der Waals surface area contributed by atoms with Crippen molar-refractivity contribution in [2.45, 2.75) is 19.7 Å². The van der Waals surface area contributed by atoms with Crippen LogP contribution in [0.1, 0.15) is 16.7 Å². The molecule has 7 rings (SSSR count). The normalized spacial score (nSPS) is 10.7. The molecule has 4 heterocycles. The summed E-state index contributed by atoms with van der Waals surface area (Å²) in [5.41, 5.74) is 6.45. The highest BCUT2D eigenvalue weighted by molar-refractivity contribution is 5.88. The Balaban J connectivity index is 0.000000188. The first-order valence-electron chi connectivity index (χ1n) is 16.8. The number of nitrogens with zero attached hydrogens (tertiary/aromatic N) is 8. The summed E-state index contributed by atoms with van der Waals surface area (Å²) in [4.78, 5) is 50.7. The molecule has 0 radical (unpaired) electrons. The zero-order valence-corrected chi connectivity index (χ0v) is 29.8. The molecule has 0 unspecified atom stereocenters. The van der Waals surface area contributed by atoms with Gasteiger partial charge >= 0.3 is 0 Å². The van der Waals surface area contributed by atoms with Gasteiger partial charge in [-0.25, -0.2) is 19.9 Å². The summed E-state index contributed by atoms with van der Waals surface area (Å²) in [6.45, 7) is 1.39. The molecule has 14 heteroatoms. The summed E-state index contributed by atoms with van der Waals surface area (Å²) in [5, 5.41) is 17.6. The molecule has 3 aromatic carbocycles. The van der Waals surface area contributed by atoms with Crippen LogP contribution in [0.4, 0.5) is 22.7 Å². The topological polar surface area (TPSA) is 156 Å². The van der Waals surface area contributed by atoms with Crippen LogP contribution in [0.2, 0.25) is 0 Å². The minimum absolute atomic E-state index is 0.179. The van der Waals surface area contributed by atoms with Crippen molar-refractivity contribution in [1.29, 1.82) is 0 Å². The van der Waals surface area contributed by atoms with Gasteiger partial charge in [0, 0.05) is 77.2 Å². The highest BCUT2D eigenvalue weighted by Gasteiger charge is 2.12. The van der Waals surface area contributed by atoms with Crippen molar-refractivity contribution in [3.05, 3.63) is 153 Å². The Bertz CT molecular complexity index is 2410. The van der Waals surface area contributed by atoms with Crippen molar-refractivity contribution in [3.63, 3.8) is 0 Å². The first-order valence-corrected chi connectivity index (χ1v) is 16.8. The molecule has 53 heavy (non-hydrogen) atoms. The van der Waals surface area contributed by atoms with Gasteiger partial charge in [-0.3, -0.25) is 9.59 Å². The Hall–Kier alpha value is -6.96. The number of pyridine rings is 2. The van der Waals surface area contributed by atoms with Crippen LogP contribution in [0.25, 0.3) is 22.1 Å². The molecule has 0 amide bonds. The van der Waals surface area contributed by atoms with Crippen molar-refractivity contribution < 1.29 is 10.0 Å². The second-order valence-electron chi connectivity index (χ2n) is 12.5. The molecule has 270 valence electrons. The van der Waals surface area contributed by atoms with E-state index in [4.69, 9.17) is 4.84 Å². The molecule has 0 aliphatic heterocycles. The standard InChI is InChI=1S/C23H23N5O2.C16H17N5O2/c1-27(2)19-10-8-17(9-11-19)13-25-21-12-22(29)28(23-20(21)14-24-16-26-23)30-15-18-6-4-3-5-7-18;1-20(2)12-5-3-11(4-6-12)8-18-14-7-15(22)21(23)16-13(14)9-17-10-19-16/h3-12,14,16,25H,13,15H2,1-2H3;3-7,9-10,18,23H,8H2,1-2H3. The predicted molar refractivity (Wildman–Crippen MR) is 208 cm³/mol. The number of nitrogens with one attached hydrogen (secondary N) is 2. The number of fused-ring (bicyclic) bond motifs is 2. The Morgan fingerprint density at radius 1 is 0.642 bits per heavy atom. The Morgan fingerprint density at radius 3 is 1.66 bits per heavy atom. The molecule has 0 saturated carbocycles. The van der Waals surface area contributed by atoms with Gasteiger partial charge in [0.05, 0.1) is 22.1 Å². The Kier molecular flexibility index (Phi) is 11.1. The number of hydrogen-bond donors (Lipinski definition) is 3. The fourth-order valence-corrected chi connectivity index (χ4v) is 5.44. The van der Waals surface area contributed by atoms with Crippen molar-refractivity contribution in [2.75, 3.05) is 48.6 Å². The molecule has 0 aliphatic carbocycles. The fourth-order valence-electron chi connectivity index (χ4n) is 5.44. The van der Waals surface area contributed by atoms with Gasteiger partial charge in [0.1, 0.15) is 19.3 Å². The molecule has 0 bridgehead atoms. The van der Waals surface area contributed by atoms with Crippen molar-refractivity contribution in [3.8, 4) is 0 Å². The lowest BCUT2D eigenvalue weighted by Crippen LogP contribution is -2.27. The maximum atomic E-state index is 12.7. The molecular weight excluding hydrogens is 672 g/mol. The molecule has 7 aromatic rings. The van der Waals surface area contributed by atoms with Gasteiger partial charge in [-0.1, -0.05) is 54.6 Å². The second-order valence-corrected chi connectivity index (χ2v) is 12.5. The zero-order chi connectivity index (χ0) is 37.3. The quantitative estimate of drug-likeness (QED) is 0.158. The Morgan fingerprint density at radius 2 is 1.13 bits per heavy atom. The number of benzene rings is 3. The monoisotopic (exact) mass is 712 g/mol. The van der Waals surface area contributed by atoms with Crippen LogP contribution in [0.15, 0.2) is 126 Å². The van der Waals surface area contributed by atoms with Gasteiger partial charge in [0.2, 0.25) is 0 Å². The van der Waals surface area contributed by atoms with E-state index in [0.29, 0.717) is 40.2 Å². The minimum atomic E-state index is -0.540. The molecule has 4 aromatic heterocycles. The van der Waals surface area contributed by atoms with Gasteiger partial charge < -0.3 is 30.5 Å². The third-order valence-electron chi connectivity index (χ3n) is 8.37. The first-order chi connectivity index (χ1) is 25.7. The molecule has 0 aliphatic rings. The SMILES string of the molecule is CN(C)c1ccc(CNc2cc(=O)n(O)c3ncncc23)cc1.CN(C)c1ccc(CNc2cc(=O)n(OCc3ccccc3)c3ncncc23)cc1. The largest absolute Gasteiger partial charge is 0.423 e. The molecule has 0 spiro atoms. The third-order valence-corrected chi connectivity index (χ3v) is 8.37. The maximum Gasteiger partial charge on any atom is 0.287 e. The van der Waals surface area contributed by atoms with Crippen molar-refractivity contribution >= 4 is 44.8 Å². The lowest BCUT2D eigenvalue weighted by atomic mass is 10.2. The highest BCUT2D eigenvalue weighted by Crippen LogP contribution is 2.21. The summed E-state index contributed by atoms with van der Waals surface area (Å²) >= 11 is 0. The lowest BCUT2D eigenvalue weighted by molar-refractivity contribution is 0.0980. The number of rotatable bonds is 11. The van der Waals surface area contributed by atoms with Crippen LogP contribution in [0.5, 0.6) is 0 Å². The van der Waals surface area contributed by atoms with Crippen LogP contribution in [-0.4, -0.2) is 62.8 Å². The van der Waals surface area contributed by atoms with Gasteiger partial charge in [-0.2, -0.15) is 0 Å². The van der Waals surface area contributed by atoms with E-state index in [1.165, 1.54) is 29.5 Å². The van der Waals surface area contributed by atoms with E-state index < -0.39 is 5.56 Å². The Labute approximate surface area is 305 Å². The van der Waals surface area contributed by atoms with Crippen LogP contribution >= 0.6 is 0 Å². The zero-order valence-electron chi connectivity index (χ0n) is 29.8. The predicted octanol–water partition coefficient (Wildman–Crippen LogP) is 4.81. The first kappa shape index (κ1) is 35.9. The maximum absolute atomic E-state index is 12.7. The van der Waals surface area contributed by atoms with Crippen LogP contribution < -0.4 is 36.4 Å². The molecule has 0 fully saturated rings. The smallest absolute Gasteiger partial charge is 0.287 e. The number of hydrogen-bond acceptors (Lipinski definition) is 12. The lowest BCUT2D eigenvalue weighted by Gasteiger charge is -2.15. The van der Waals surface area contributed by atoms with Gasteiger partial charge in [0.25, 0.3) is 11.1 Å². The number of anilines is 4. The van der Waals surface area contributed by atoms with Crippen LogP contribution in [-0.2, 0) is 19.7 Å². The van der Waals surface area contributed by atoms with Gasteiger partial charge in [-0.15, -0.1) is 9.46 Å².